The summed E-state index contributed by atoms with van der Waals surface area (Å²) < 4.78 is 2.04. The lowest BCUT2D eigenvalue weighted by Gasteiger charge is -2.08. The van der Waals surface area contributed by atoms with Crippen molar-refractivity contribution < 1.29 is 5.11 Å². The van der Waals surface area contributed by atoms with Crippen molar-refractivity contribution in [2.24, 2.45) is 0 Å². The average molecular weight is 274 g/mol. The van der Waals surface area contributed by atoms with Gasteiger partial charge in [0.2, 0.25) is 0 Å². The zero-order valence-electron chi connectivity index (χ0n) is 11.6. The van der Waals surface area contributed by atoms with Gasteiger partial charge in [-0.1, -0.05) is 24.3 Å². The summed E-state index contributed by atoms with van der Waals surface area (Å²) in [5, 5.41) is 19.9. The number of hydrogen-bond acceptors (Lipinski definition) is 2. The van der Waals surface area contributed by atoms with Crippen molar-refractivity contribution in [1.82, 2.24) is 4.57 Å². The Labute approximate surface area is 123 Å². The number of aromatic nitrogens is 1. The van der Waals surface area contributed by atoms with E-state index < -0.39 is 0 Å². The van der Waals surface area contributed by atoms with Gasteiger partial charge in [0.15, 0.2) is 0 Å². The normalized spacial score (nSPS) is 11.0. The third-order valence-electron chi connectivity index (χ3n) is 3.46. The summed E-state index contributed by atoms with van der Waals surface area (Å²) in [7, 11) is 0. The van der Waals surface area contributed by atoms with Crippen LogP contribution in [-0.4, -0.2) is 9.67 Å². The van der Waals surface area contributed by atoms with Gasteiger partial charge in [-0.15, -0.1) is 0 Å². The predicted molar refractivity (Wildman–Crippen MR) is 84.4 cm³/mol. The molecular weight excluding hydrogens is 260 g/mol. The van der Waals surface area contributed by atoms with E-state index in [0.29, 0.717) is 5.56 Å². The maximum atomic E-state index is 9.51. The monoisotopic (exact) mass is 274 g/mol. The van der Waals surface area contributed by atoms with E-state index in [0.717, 1.165) is 22.3 Å². The summed E-state index contributed by atoms with van der Waals surface area (Å²) in [5.41, 5.74) is 3.41. The number of para-hydroxylation sites is 1. The SMILES string of the molecule is C/C=C/c1c(C#N)c2ccccc2n1-c1ccc(O)cc1. The fourth-order valence-electron chi connectivity index (χ4n) is 2.57. The van der Waals surface area contributed by atoms with Gasteiger partial charge >= 0.3 is 0 Å². The molecule has 1 N–H and O–H groups in total. The second kappa shape index (κ2) is 5.18. The highest BCUT2D eigenvalue weighted by atomic mass is 16.3. The molecule has 0 amide bonds. The van der Waals surface area contributed by atoms with Crippen LogP contribution in [0.4, 0.5) is 0 Å². The van der Waals surface area contributed by atoms with Crippen LogP contribution < -0.4 is 0 Å². The molecule has 0 spiro atoms. The van der Waals surface area contributed by atoms with Gasteiger partial charge in [0.05, 0.1) is 16.8 Å². The molecular formula is C18H14N2O. The second-order valence-electron chi connectivity index (χ2n) is 4.74. The first-order chi connectivity index (χ1) is 10.3. The Bertz CT molecular complexity index is 865. The lowest BCUT2D eigenvalue weighted by atomic mass is 10.1. The van der Waals surface area contributed by atoms with Crippen LogP contribution in [0.2, 0.25) is 0 Å². The topological polar surface area (TPSA) is 49.0 Å². The summed E-state index contributed by atoms with van der Waals surface area (Å²) in [6.45, 7) is 1.93. The van der Waals surface area contributed by atoms with E-state index in [4.69, 9.17) is 0 Å². The van der Waals surface area contributed by atoms with Gasteiger partial charge in [0.1, 0.15) is 11.8 Å². The van der Waals surface area contributed by atoms with E-state index in [2.05, 4.69) is 6.07 Å². The number of rotatable bonds is 2. The zero-order valence-corrected chi connectivity index (χ0v) is 11.6. The minimum atomic E-state index is 0.225. The molecule has 0 bridgehead atoms. The maximum absolute atomic E-state index is 9.51. The van der Waals surface area contributed by atoms with Gasteiger partial charge in [0, 0.05) is 11.1 Å². The van der Waals surface area contributed by atoms with E-state index >= 15 is 0 Å². The van der Waals surface area contributed by atoms with Gasteiger partial charge < -0.3 is 9.67 Å². The Morgan fingerprint density at radius 3 is 2.48 bits per heavy atom. The zero-order chi connectivity index (χ0) is 14.8. The molecule has 3 nitrogen and oxygen atoms in total. The molecule has 1 heterocycles. The van der Waals surface area contributed by atoms with Crippen molar-refractivity contribution >= 4 is 17.0 Å². The predicted octanol–water partition coefficient (Wildman–Crippen LogP) is 4.24. The van der Waals surface area contributed by atoms with Gasteiger partial charge in [-0.25, -0.2) is 0 Å². The summed E-state index contributed by atoms with van der Waals surface area (Å²) in [5.74, 6) is 0.225. The van der Waals surface area contributed by atoms with Crippen LogP contribution >= 0.6 is 0 Å². The number of nitriles is 1. The number of phenolic OH excluding ortho intramolecular Hbond substituents is 1. The molecule has 3 rings (SSSR count). The molecule has 0 aliphatic heterocycles. The molecule has 0 fully saturated rings. The fourth-order valence-corrected chi connectivity index (χ4v) is 2.57. The molecule has 0 aliphatic carbocycles. The minimum absolute atomic E-state index is 0.225. The van der Waals surface area contributed by atoms with Crippen LogP contribution in [0.5, 0.6) is 5.75 Å². The molecule has 3 aromatic rings. The summed E-state index contributed by atoms with van der Waals surface area (Å²) in [6, 6.07) is 17.1. The van der Waals surface area contributed by atoms with Crippen LogP contribution in [0.25, 0.3) is 22.7 Å². The highest BCUT2D eigenvalue weighted by Crippen LogP contribution is 2.30. The standard InChI is InChI=1S/C18H14N2O/c1-2-5-17-16(12-19)15-6-3-4-7-18(15)20(17)13-8-10-14(21)11-9-13/h2-11,21H,1H3/b5-2+. The van der Waals surface area contributed by atoms with E-state index in [-0.39, 0.29) is 5.75 Å². The van der Waals surface area contributed by atoms with Crippen LogP contribution in [0.15, 0.2) is 54.6 Å². The summed E-state index contributed by atoms with van der Waals surface area (Å²) in [4.78, 5) is 0. The largest absolute Gasteiger partial charge is 0.508 e. The van der Waals surface area contributed by atoms with Crippen molar-refractivity contribution in [2.45, 2.75) is 6.92 Å². The Morgan fingerprint density at radius 1 is 1.10 bits per heavy atom. The van der Waals surface area contributed by atoms with Crippen molar-refractivity contribution in [3.63, 3.8) is 0 Å². The molecule has 1 aromatic heterocycles. The molecule has 102 valence electrons. The quantitative estimate of drug-likeness (QED) is 0.759. The van der Waals surface area contributed by atoms with E-state index in [1.807, 2.05) is 60.0 Å². The Morgan fingerprint density at radius 2 is 1.81 bits per heavy atom. The van der Waals surface area contributed by atoms with Gasteiger partial charge in [0.25, 0.3) is 0 Å². The Kier molecular flexibility index (Phi) is 3.21. The number of nitrogens with zero attached hydrogens (tertiary/aromatic N) is 2. The lowest BCUT2D eigenvalue weighted by molar-refractivity contribution is 0.475. The number of phenols is 1. The van der Waals surface area contributed by atoms with Gasteiger partial charge in [-0.3, -0.25) is 0 Å². The number of aromatic hydroxyl groups is 1. The maximum Gasteiger partial charge on any atom is 0.115 e. The van der Waals surface area contributed by atoms with Crippen molar-refractivity contribution in [2.75, 3.05) is 0 Å². The molecule has 2 aromatic carbocycles. The molecule has 0 saturated heterocycles. The Balaban J connectivity index is 2.42. The molecule has 0 atom stereocenters. The molecule has 0 saturated carbocycles. The third-order valence-corrected chi connectivity index (χ3v) is 3.46. The summed E-state index contributed by atoms with van der Waals surface area (Å²) >= 11 is 0. The highest BCUT2D eigenvalue weighted by Gasteiger charge is 2.15. The number of hydrogen-bond donors (Lipinski definition) is 1. The third kappa shape index (κ3) is 2.07. The second-order valence-corrected chi connectivity index (χ2v) is 4.74. The van der Waals surface area contributed by atoms with Crippen molar-refractivity contribution in [3.8, 4) is 17.5 Å². The first-order valence-electron chi connectivity index (χ1n) is 6.72. The first-order valence-corrected chi connectivity index (χ1v) is 6.72. The van der Waals surface area contributed by atoms with Gasteiger partial charge in [-0.05, 0) is 43.3 Å². The molecule has 0 unspecified atom stereocenters. The number of fused-ring (bicyclic) bond motifs is 1. The lowest BCUT2D eigenvalue weighted by Crippen LogP contribution is -1.96. The van der Waals surface area contributed by atoms with Crippen LogP contribution in [0.1, 0.15) is 18.2 Å². The summed E-state index contributed by atoms with van der Waals surface area (Å²) in [6.07, 6.45) is 3.86. The van der Waals surface area contributed by atoms with Crippen LogP contribution in [0.3, 0.4) is 0 Å². The molecule has 0 radical (unpaired) electrons. The van der Waals surface area contributed by atoms with Gasteiger partial charge in [-0.2, -0.15) is 5.26 Å². The van der Waals surface area contributed by atoms with Crippen molar-refractivity contribution in [1.29, 1.82) is 5.26 Å². The smallest absolute Gasteiger partial charge is 0.115 e. The number of benzene rings is 2. The molecule has 21 heavy (non-hydrogen) atoms. The number of allylic oxidation sites excluding steroid dienone is 1. The fraction of sp³-hybridized carbons (Fsp3) is 0.0556. The molecule has 3 heteroatoms. The van der Waals surface area contributed by atoms with E-state index in [1.54, 1.807) is 12.1 Å². The highest BCUT2D eigenvalue weighted by molar-refractivity contribution is 5.92. The van der Waals surface area contributed by atoms with E-state index in [1.165, 1.54) is 0 Å². The van der Waals surface area contributed by atoms with Crippen molar-refractivity contribution in [3.05, 3.63) is 65.9 Å². The Hall–Kier alpha value is -2.99. The minimum Gasteiger partial charge on any atom is -0.508 e. The van der Waals surface area contributed by atoms with Crippen LogP contribution in [0, 0.1) is 11.3 Å². The average Bonchev–Trinajstić information content (AvgIpc) is 2.82. The molecule has 0 aliphatic rings. The van der Waals surface area contributed by atoms with E-state index in [9.17, 15) is 10.4 Å². The van der Waals surface area contributed by atoms with Crippen LogP contribution in [-0.2, 0) is 0 Å². The first kappa shape index (κ1) is 13.0.